The summed E-state index contributed by atoms with van der Waals surface area (Å²) in [6.07, 6.45) is 7.90. The summed E-state index contributed by atoms with van der Waals surface area (Å²) in [6.45, 7) is 4.13. The van der Waals surface area contributed by atoms with E-state index in [0.717, 1.165) is 30.9 Å². The van der Waals surface area contributed by atoms with Gasteiger partial charge in [0.1, 0.15) is 5.82 Å². The summed E-state index contributed by atoms with van der Waals surface area (Å²) in [4.78, 5) is 8.31. The zero-order valence-electron chi connectivity index (χ0n) is 11.1. The van der Waals surface area contributed by atoms with Gasteiger partial charge in [-0.05, 0) is 25.8 Å². The number of hydrogen-bond acceptors (Lipinski definition) is 5. The lowest BCUT2D eigenvalue weighted by atomic mass is 10.1. The highest BCUT2D eigenvalue weighted by Gasteiger charge is 2.12. The molecule has 0 amide bonds. The molecule has 0 spiro atoms. The normalized spacial score (nSPS) is 20.4. The third-order valence-corrected chi connectivity index (χ3v) is 3.44. The molecule has 1 aliphatic heterocycles. The Bertz CT molecular complexity index is 372. The van der Waals surface area contributed by atoms with Gasteiger partial charge >= 0.3 is 0 Å². The predicted octanol–water partition coefficient (Wildman–Crippen LogP) is 1.57. The fraction of sp³-hybridized carbons (Fsp3) is 0.692. The maximum absolute atomic E-state index is 5.64. The Morgan fingerprint density at radius 1 is 1.44 bits per heavy atom. The van der Waals surface area contributed by atoms with Gasteiger partial charge in [-0.1, -0.05) is 19.8 Å². The Balaban J connectivity index is 1.94. The molecule has 0 unspecified atom stereocenters. The molecule has 1 atom stereocenters. The Kier molecular flexibility index (Phi) is 4.75. The highest BCUT2D eigenvalue weighted by atomic mass is 15.1. The molecule has 0 radical (unpaired) electrons. The van der Waals surface area contributed by atoms with E-state index < -0.39 is 0 Å². The third-order valence-electron chi connectivity index (χ3n) is 3.44. The second kappa shape index (κ2) is 6.54. The van der Waals surface area contributed by atoms with E-state index in [2.05, 4.69) is 27.5 Å². The van der Waals surface area contributed by atoms with E-state index in [1.165, 1.54) is 25.7 Å². The van der Waals surface area contributed by atoms with E-state index in [9.17, 15) is 0 Å². The van der Waals surface area contributed by atoms with Gasteiger partial charge in [0.05, 0.1) is 0 Å². The minimum atomic E-state index is 0.337. The number of nitrogen functional groups attached to an aromatic ring is 1. The summed E-state index contributed by atoms with van der Waals surface area (Å²) in [6, 6.07) is 0.536. The van der Waals surface area contributed by atoms with Crippen LogP contribution in [-0.2, 0) is 6.42 Å². The Morgan fingerprint density at radius 2 is 2.33 bits per heavy atom. The van der Waals surface area contributed by atoms with Crippen molar-refractivity contribution in [1.82, 2.24) is 15.3 Å². The maximum atomic E-state index is 5.64. The first-order chi connectivity index (χ1) is 8.79. The molecular formula is C13H23N5. The van der Waals surface area contributed by atoms with Gasteiger partial charge in [-0.2, -0.15) is 4.98 Å². The summed E-state index contributed by atoms with van der Waals surface area (Å²) in [5.41, 5.74) is 6.76. The van der Waals surface area contributed by atoms with Crippen LogP contribution in [0.25, 0.3) is 0 Å². The summed E-state index contributed by atoms with van der Waals surface area (Å²) in [5, 5.41) is 6.98. The van der Waals surface area contributed by atoms with Crippen molar-refractivity contribution >= 4 is 11.8 Å². The lowest BCUT2D eigenvalue weighted by Crippen LogP contribution is -2.35. The molecule has 18 heavy (non-hydrogen) atoms. The number of nitrogens with two attached hydrogens (primary N) is 1. The first-order valence-corrected chi connectivity index (χ1v) is 6.88. The van der Waals surface area contributed by atoms with Gasteiger partial charge in [0.2, 0.25) is 5.95 Å². The van der Waals surface area contributed by atoms with Gasteiger partial charge < -0.3 is 16.4 Å². The molecule has 1 aromatic rings. The molecule has 2 heterocycles. The fourth-order valence-corrected chi connectivity index (χ4v) is 2.33. The van der Waals surface area contributed by atoms with Crippen molar-refractivity contribution in [3.63, 3.8) is 0 Å². The van der Waals surface area contributed by atoms with Crippen LogP contribution < -0.4 is 16.4 Å². The molecular weight excluding hydrogens is 226 g/mol. The second-order valence-electron chi connectivity index (χ2n) is 4.84. The molecule has 5 heteroatoms. The quantitative estimate of drug-likeness (QED) is 0.755. The smallest absolute Gasteiger partial charge is 0.221 e. The molecule has 2 rings (SSSR count). The minimum Gasteiger partial charge on any atom is -0.368 e. The zero-order chi connectivity index (χ0) is 12.8. The molecule has 0 saturated carbocycles. The van der Waals surface area contributed by atoms with Crippen molar-refractivity contribution in [3.05, 3.63) is 11.8 Å². The highest BCUT2D eigenvalue weighted by molar-refractivity contribution is 5.46. The van der Waals surface area contributed by atoms with Crippen LogP contribution in [0.5, 0.6) is 0 Å². The van der Waals surface area contributed by atoms with E-state index >= 15 is 0 Å². The van der Waals surface area contributed by atoms with Gasteiger partial charge in [0.15, 0.2) is 0 Å². The molecule has 100 valence electrons. The van der Waals surface area contributed by atoms with Crippen LogP contribution >= 0.6 is 0 Å². The Labute approximate surface area is 109 Å². The molecule has 0 aromatic carbocycles. The van der Waals surface area contributed by atoms with Crippen LogP contribution in [0.2, 0.25) is 0 Å². The molecule has 0 bridgehead atoms. The van der Waals surface area contributed by atoms with E-state index in [4.69, 9.17) is 5.73 Å². The van der Waals surface area contributed by atoms with Gasteiger partial charge in [-0.15, -0.1) is 0 Å². The third kappa shape index (κ3) is 3.57. The van der Waals surface area contributed by atoms with E-state index in [1.54, 1.807) is 0 Å². The van der Waals surface area contributed by atoms with Crippen molar-refractivity contribution in [2.75, 3.05) is 24.1 Å². The average Bonchev–Trinajstić information content (AvgIpc) is 2.65. The first kappa shape index (κ1) is 13.1. The van der Waals surface area contributed by atoms with Gasteiger partial charge in [0, 0.05) is 24.3 Å². The number of anilines is 2. The topological polar surface area (TPSA) is 75.9 Å². The van der Waals surface area contributed by atoms with Gasteiger partial charge in [-0.25, -0.2) is 4.98 Å². The molecule has 1 fully saturated rings. The summed E-state index contributed by atoms with van der Waals surface area (Å²) in [5.74, 6) is 1.22. The van der Waals surface area contributed by atoms with E-state index in [-0.39, 0.29) is 0 Å². The van der Waals surface area contributed by atoms with Crippen molar-refractivity contribution in [3.8, 4) is 0 Å². The zero-order valence-corrected chi connectivity index (χ0v) is 11.1. The fourth-order valence-electron chi connectivity index (χ4n) is 2.33. The maximum Gasteiger partial charge on any atom is 0.221 e. The second-order valence-corrected chi connectivity index (χ2v) is 4.84. The SMILES string of the molecule is CCc1cnc(N)nc1NC[C@@H]1CCCCCN1. The Hall–Kier alpha value is -1.36. The van der Waals surface area contributed by atoms with Crippen molar-refractivity contribution in [1.29, 1.82) is 0 Å². The number of nitrogens with zero attached hydrogens (tertiary/aromatic N) is 2. The predicted molar refractivity (Wildman–Crippen MR) is 74.6 cm³/mol. The Morgan fingerprint density at radius 3 is 3.17 bits per heavy atom. The van der Waals surface area contributed by atoms with Crippen molar-refractivity contribution < 1.29 is 0 Å². The average molecular weight is 249 g/mol. The molecule has 5 nitrogen and oxygen atoms in total. The van der Waals surface area contributed by atoms with Gasteiger partial charge in [-0.3, -0.25) is 0 Å². The van der Waals surface area contributed by atoms with Crippen LogP contribution in [0.3, 0.4) is 0 Å². The lowest BCUT2D eigenvalue weighted by Gasteiger charge is -2.18. The molecule has 1 aromatic heterocycles. The summed E-state index contributed by atoms with van der Waals surface area (Å²) in [7, 11) is 0. The molecule has 0 aliphatic carbocycles. The largest absolute Gasteiger partial charge is 0.368 e. The van der Waals surface area contributed by atoms with Crippen LogP contribution in [0.4, 0.5) is 11.8 Å². The standard InChI is InChI=1S/C13H23N5/c1-2-10-8-17-13(14)18-12(10)16-9-11-6-4-3-5-7-15-11/h8,11,15H,2-7,9H2,1H3,(H3,14,16,17,18)/t11-/m0/s1. The first-order valence-electron chi connectivity index (χ1n) is 6.88. The number of aryl methyl sites for hydroxylation is 1. The molecule has 1 saturated heterocycles. The minimum absolute atomic E-state index is 0.337. The summed E-state index contributed by atoms with van der Waals surface area (Å²) < 4.78 is 0. The van der Waals surface area contributed by atoms with Gasteiger partial charge in [0.25, 0.3) is 0 Å². The number of aromatic nitrogens is 2. The number of hydrogen-bond donors (Lipinski definition) is 3. The van der Waals surface area contributed by atoms with Crippen molar-refractivity contribution in [2.45, 2.75) is 45.1 Å². The number of nitrogens with one attached hydrogen (secondary N) is 2. The van der Waals surface area contributed by atoms with Crippen LogP contribution in [0.15, 0.2) is 6.20 Å². The van der Waals surface area contributed by atoms with Crippen molar-refractivity contribution in [2.24, 2.45) is 0 Å². The number of rotatable bonds is 4. The monoisotopic (exact) mass is 249 g/mol. The highest BCUT2D eigenvalue weighted by Crippen LogP contribution is 2.14. The van der Waals surface area contributed by atoms with E-state index in [1.807, 2.05) is 6.20 Å². The van der Waals surface area contributed by atoms with E-state index in [0.29, 0.717) is 12.0 Å². The van der Waals surface area contributed by atoms with Crippen LogP contribution in [0, 0.1) is 0 Å². The van der Waals surface area contributed by atoms with Crippen LogP contribution in [-0.4, -0.2) is 29.1 Å². The lowest BCUT2D eigenvalue weighted by molar-refractivity contribution is 0.530. The molecule has 4 N–H and O–H groups in total. The summed E-state index contributed by atoms with van der Waals surface area (Å²) >= 11 is 0. The molecule has 1 aliphatic rings. The van der Waals surface area contributed by atoms with Crippen LogP contribution in [0.1, 0.15) is 38.2 Å².